The minimum absolute atomic E-state index is 0.0475. The molecule has 3 aromatic rings. The van der Waals surface area contributed by atoms with Crippen LogP contribution < -0.4 is 10.2 Å². The van der Waals surface area contributed by atoms with Crippen LogP contribution in [0, 0.1) is 6.92 Å². The molecule has 0 aliphatic heterocycles. The fraction of sp³-hybridized carbons (Fsp3) is 0.348. The molecule has 158 valence electrons. The summed E-state index contributed by atoms with van der Waals surface area (Å²) in [7, 11) is 0. The van der Waals surface area contributed by atoms with E-state index >= 15 is 0 Å². The second-order valence-electron chi connectivity index (χ2n) is 7.18. The number of carbonyl (C=O) groups is 2. The van der Waals surface area contributed by atoms with Gasteiger partial charge < -0.3 is 5.32 Å². The number of anilines is 2. The Morgan fingerprint density at radius 3 is 2.47 bits per heavy atom. The Balaban J connectivity index is 1.67. The summed E-state index contributed by atoms with van der Waals surface area (Å²) in [5.74, 6) is -0.165. The fourth-order valence-electron chi connectivity index (χ4n) is 3.31. The summed E-state index contributed by atoms with van der Waals surface area (Å²) >= 11 is 1.51. The van der Waals surface area contributed by atoms with Crippen LogP contribution in [-0.4, -0.2) is 47.9 Å². The molecule has 7 heteroatoms. The van der Waals surface area contributed by atoms with Gasteiger partial charge in [0.05, 0.1) is 23.3 Å². The van der Waals surface area contributed by atoms with Crippen LogP contribution in [0.4, 0.5) is 10.8 Å². The molecule has 0 aliphatic carbocycles. The van der Waals surface area contributed by atoms with Gasteiger partial charge in [0.2, 0.25) is 11.8 Å². The number of hydrogen-bond acceptors (Lipinski definition) is 5. The molecule has 6 nitrogen and oxygen atoms in total. The van der Waals surface area contributed by atoms with Crippen LogP contribution in [0.1, 0.15) is 25.8 Å². The van der Waals surface area contributed by atoms with Crippen molar-refractivity contribution in [1.29, 1.82) is 0 Å². The molecular weight excluding hydrogens is 396 g/mol. The van der Waals surface area contributed by atoms with Crippen molar-refractivity contribution in [3.05, 3.63) is 54.1 Å². The molecular formula is C23H28N4O2S. The number of benzene rings is 2. The summed E-state index contributed by atoms with van der Waals surface area (Å²) in [6.07, 6.45) is 0.859. The number of amides is 2. The highest BCUT2D eigenvalue weighted by Crippen LogP contribution is 2.28. The molecule has 0 fully saturated rings. The zero-order valence-electron chi connectivity index (χ0n) is 17.7. The van der Waals surface area contributed by atoms with Crippen LogP contribution >= 0.6 is 11.3 Å². The van der Waals surface area contributed by atoms with Crippen LogP contribution in [0.25, 0.3) is 10.2 Å². The van der Waals surface area contributed by atoms with E-state index in [9.17, 15) is 9.59 Å². The maximum Gasteiger partial charge on any atom is 0.242 e. The third kappa shape index (κ3) is 5.43. The van der Waals surface area contributed by atoms with Gasteiger partial charge in [0.15, 0.2) is 5.13 Å². The van der Waals surface area contributed by atoms with Gasteiger partial charge in [0.25, 0.3) is 0 Å². The van der Waals surface area contributed by atoms with E-state index in [4.69, 9.17) is 0 Å². The number of nitrogens with zero attached hydrogens (tertiary/aromatic N) is 3. The Bertz CT molecular complexity index is 984. The molecule has 0 atom stereocenters. The predicted molar refractivity (Wildman–Crippen MR) is 124 cm³/mol. The Kier molecular flexibility index (Phi) is 7.54. The van der Waals surface area contributed by atoms with Crippen molar-refractivity contribution in [2.75, 3.05) is 36.4 Å². The number of thiazole rings is 1. The molecule has 0 aliphatic rings. The normalized spacial score (nSPS) is 11.1. The summed E-state index contributed by atoms with van der Waals surface area (Å²) in [5, 5.41) is 3.65. The molecule has 0 bridgehead atoms. The van der Waals surface area contributed by atoms with Crippen LogP contribution in [0.3, 0.4) is 0 Å². The van der Waals surface area contributed by atoms with E-state index in [0.29, 0.717) is 18.2 Å². The maximum absolute atomic E-state index is 13.0. The summed E-state index contributed by atoms with van der Waals surface area (Å²) in [4.78, 5) is 33.8. The largest absolute Gasteiger partial charge is 0.325 e. The standard InChI is InChI=1S/C23H28N4O2S/c1-4-14-26(15-21(28)24-18-11-7-6-10-17(18)3)16-22(29)27(5-2)23-25-19-12-8-9-13-20(19)30-23/h6-13H,4-5,14-16H2,1-3H3,(H,24,28). The Labute approximate surface area is 181 Å². The quantitative estimate of drug-likeness (QED) is 0.556. The molecule has 2 amide bonds. The number of nitrogens with one attached hydrogen (secondary N) is 1. The topological polar surface area (TPSA) is 65.5 Å². The van der Waals surface area contributed by atoms with Crippen molar-refractivity contribution in [3.63, 3.8) is 0 Å². The minimum atomic E-state index is -0.117. The lowest BCUT2D eigenvalue weighted by Crippen LogP contribution is -2.43. The van der Waals surface area contributed by atoms with Crippen molar-refractivity contribution in [2.45, 2.75) is 27.2 Å². The Morgan fingerprint density at radius 1 is 1.03 bits per heavy atom. The monoisotopic (exact) mass is 424 g/mol. The van der Waals surface area contributed by atoms with Crippen molar-refractivity contribution in [3.8, 4) is 0 Å². The first-order valence-electron chi connectivity index (χ1n) is 10.3. The number of carbonyl (C=O) groups excluding carboxylic acids is 2. The lowest BCUT2D eigenvalue weighted by Gasteiger charge is -2.24. The van der Waals surface area contributed by atoms with Crippen molar-refractivity contribution < 1.29 is 9.59 Å². The third-order valence-electron chi connectivity index (χ3n) is 4.82. The number of hydrogen-bond donors (Lipinski definition) is 1. The van der Waals surface area contributed by atoms with E-state index in [0.717, 1.165) is 27.9 Å². The number of rotatable bonds is 9. The summed E-state index contributed by atoms with van der Waals surface area (Å²) in [5.41, 5.74) is 2.71. The number of aryl methyl sites for hydroxylation is 1. The summed E-state index contributed by atoms with van der Waals surface area (Å²) in [6, 6.07) is 15.6. The Hall–Kier alpha value is -2.77. The average Bonchev–Trinajstić information content (AvgIpc) is 3.14. The Morgan fingerprint density at radius 2 is 1.77 bits per heavy atom. The summed E-state index contributed by atoms with van der Waals surface area (Å²) in [6.45, 7) is 7.50. The summed E-state index contributed by atoms with van der Waals surface area (Å²) < 4.78 is 1.06. The van der Waals surface area contributed by atoms with Gasteiger partial charge >= 0.3 is 0 Å². The van der Waals surface area contributed by atoms with Crippen molar-refractivity contribution in [2.24, 2.45) is 0 Å². The molecule has 1 heterocycles. The lowest BCUT2D eigenvalue weighted by atomic mass is 10.2. The highest BCUT2D eigenvalue weighted by Gasteiger charge is 2.22. The molecule has 0 spiro atoms. The van der Waals surface area contributed by atoms with Crippen LogP contribution in [-0.2, 0) is 9.59 Å². The van der Waals surface area contributed by atoms with Crippen LogP contribution in [0.15, 0.2) is 48.5 Å². The van der Waals surface area contributed by atoms with Gasteiger partial charge in [-0.05, 0) is 50.6 Å². The second-order valence-corrected chi connectivity index (χ2v) is 8.19. The zero-order chi connectivity index (χ0) is 21.5. The molecule has 2 aromatic carbocycles. The highest BCUT2D eigenvalue weighted by molar-refractivity contribution is 7.22. The number of aromatic nitrogens is 1. The van der Waals surface area contributed by atoms with Crippen LogP contribution in [0.2, 0.25) is 0 Å². The second kappa shape index (κ2) is 10.3. The first-order valence-corrected chi connectivity index (χ1v) is 11.1. The molecule has 0 saturated heterocycles. The smallest absolute Gasteiger partial charge is 0.242 e. The van der Waals surface area contributed by atoms with E-state index in [-0.39, 0.29) is 24.9 Å². The van der Waals surface area contributed by atoms with Gasteiger partial charge in [0.1, 0.15) is 0 Å². The van der Waals surface area contributed by atoms with Gasteiger partial charge in [-0.3, -0.25) is 19.4 Å². The fourth-order valence-corrected chi connectivity index (χ4v) is 4.35. The van der Waals surface area contributed by atoms with E-state index in [1.807, 2.05) is 74.2 Å². The molecule has 0 saturated carbocycles. The average molecular weight is 425 g/mol. The molecule has 3 rings (SSSR count). The highest BCUT2D eigenvalue weighted by atomic mass is 32.1. The molecule has 1 aromatic heterocycles. The zero-order valence-corrected chi connectivity index (χ0v) is 18.5. The molecule has 0 radical (unpaired) electrons. The number of para-hydroxylation sites is 2. The van der Waals surface area contributed by atoms with Crippen LogP contribution in [0.5, 0.6) is 0 Å². The van der Waals surface area contributed by atoms with E-state index in [1.165, 1.54) is 11.3 Å². The van der Waals surface area contributed by atoms with Gasteiger partial charge in [0, 0.05) is 12.2 Å². The van der Waals surface area contributed by atoms with Gasteiger partial charge in [-0.25, -0.2) is 4.98 Å². The SMILES string of the molecule is CCCN(CC(=O)Nc1ccccc1C)CC(=O)N(CC)c1nc2ccccc2s1. The molecule has 1 N–H and O–H groups in total. The van der Waals surface area contributed by atoms with E-state index in [1.54, 1.807) is 4.90 Å². The van der Waals surface area contributed by atoms with Gasteiger partial charge in [-0.2, -0.15) is 0 Å². The molecule has 0 unspecified atom stereocenters. The van der Waals surface area contributed by atoms with E-state index < -0.39 is 0 Å². The predicted octanol–water partition coefficient (Wildman–Crippen LogP) is 4.31. The number of fused-ring (bicyclic) bond motifs is 1. The minimum Gasteiger partial charge on any atom is -0.325 e. The molecule has 30 heavy (non-hydrogen) atoms. The first kappa shape index (κ1) is 21.9. The maximum atomic E-state index is 13.0. The third-order valence-corrected chi connectivity index (χ3v) is 5.88. The van der Waals surface area contributed by atoms with E-state index in [2.05, 4.69) is 10.3 Å². The van der Waals surface area contributed by atoms with Crippen molar-refractivity contribution >= 4 is 44.2 Å². The first-order chi connectivity index (χ1) is 14.5. The van der Waals surface area contributed by atoms with Gasteiger partial charge in [-0.1, -0.05) is 48.6 Å². The van der Waals surface area contributed by atoms with Crippen molar-refractivity contribution in [1.82, 2.24) is 9.88 Å². The lowest BCUT2D eigenvalue weighted by molar-refractivity contribution is -0.121. The van der Waals surface area contributed by atoms with Gasteiger partial charge in [-0.15, -0.1) is 0 Å². The number of likely N-dealkylation sites (N-methyl/N-ethyl adjacent to an activating group) is 1.